The summed E-state index contributed by atoms with van der Waals surface area (Å²) in [5.74, 6) is 1.78. The van der Waals surface area contributed by atoms with Gasteiger partial charge in [0.05, 0.1) is 0 Å². The second-order valence-electron chi connectivity index (χ2n) is 5.97. The first-order valence-corrected chi connectivity index (χ1v) is 9.90. The van der Waals surface area contributed by atoms with E-state index in [1.807, 2.05) is 62.4 Å². The minimum Gasteiger partial charge on any atom is -0.490 e. The Balaban J connectivity index is 1.67. The van der Waals surface area contributed by atoms with Gasteiger partial charge >= 0.3 is 0 Å². The SMILES string of the molecule is C/C=C/COc1ccc(-c2ccc(-c3ccc(OC/C=C/C)cc3)s2)cc1. The van der Waals surface area contributed by atoms with Crippen molar-refractivity contribution in [3.05, 3.63) is 85.0 Å². The third-order valence-electron chi connectivity index (χ3n) is 4.05. The second-order valence-corrected chi connectivity index (χ2v) is 7.06. The molecule has 1 heterocycles. The van der Waals surface area contributed by atoms with E-state index < -0.39 is 0 Å². The molecule has 0 saturated heterocycles. The molecular formula is C24H24O2S. The standard InChI is InChI=1S/C24H24O2S/c1-3-5-17-25-21-11-7-19(8-12-21)23-15-16-24(27-23)20-9-13-22(14-10-20)26-18-6-4-2/h3-16H,17-18H2,1-2H3/b5-3+,6-4+. The predicted octanol–water partition coefficient (Wildman–Crippen LogP) is 6.99. The van der Waals surface area contributed by atoms with E-state index in [4.69, 9.17) is 9.47 Å². The molecule has 0 N–H and O–H groups in total. The predicted molar refractivity (Wildman–Crippen MR) is 116 cm³/mol. The highest BCUT2D eigenvalue weighted by Gasteiger charge is 2.06. The molecule has 0 fully saturated rings. The van der Waals surface area contributed by atoms with Gasteiger partial charge in [0.15, 0.2) is 0 Å². The molecule has 0 aliphatic heterocycles. The molecule has 0 atom stereocenters. The molecule has 0 saturated carbocycles. The molecular weight excluding hydrogens is 352 g/mol. The van der Waals surface area contributed by atoms with Crippen LogP contribution in [-0.2, 0) is 0 Å². The van der Waals surface area contributed by atoms with Crippen LogP contribution in [0.5, 0.6) is 11.5 Å². The number of ether oxygens (including phenoxy) is 2. The Labute approximate surface area is 165 Å². The summed E-state index contributed by atoms with van der Waals surface area (Å²) in [6, 6.07) is 20.9. The molecule has 27 heavy (non-hydrogen) atoms. The fourth-order valence-corrected chi connectivity index (χ4v) is 3.58. The van der Waals surface area contributed by atoms with Crippen LogP contribution in [0.2, 0.25) is 0 Å². The Morgan fingerprint density at radius 3 is 1.41 bits per heavy atom. The van der Waals surface area contributed by atoms with Crippen molar-refractivity contribution in [1.82, 2.24) is 0 Å². The van der Waals surface area contributed by atoms with Gasteiger partial charge in [0.1, 0.15) is 24.7 Å². The van der Waals surface area contributed by atoms with Gasteiger partial charge in [0.2, 0.25) is 0 Å². The molecule has 138 valence electrons. The van der Waals surface area contributed by atoms with Crippen LogP contribution in [0.1, 0.15) is 13.8 Å². The van der Waals surface area contributed by atoms with E-state index in [1.54, 1.807) is 11.3 Å². The third-order valence-corrected chi connectivity index (χ3v) is 5.23. The van der Waals surface area contributed by atoms with Crippen molar-refractivity contribution in [3.63, 3.8) is 0 Å². The Morgan fingerprint density at radius 2 is 1.04 bits per heavy atom. The first-order chi connectivity index (χ1) is 13.3. The summed E-state index contributed by atoms with van der Waals surface area (Å²) in [5.41, 5.74) is 2.41. The number of thiophene rings is 1. The van der Waals surface area contributed by atoms with Gasteiger partial charge in [-0.25, -0.2) is 0 Å². The Hall–Kier alpha value is -2.78. The van der Waals surface area contributed by atoms with E-state index in [1.165, 1.54) is 20.9 Å². The molecule has 0 amide bonds. The molecule has 2 aromatic carbocycles. The van der Waals surface area contributed by atoms with Crippen molar-refractivity contribution in [3.8, 4) is 32.4 Å². The van der Waals surface area contributed by atoms with Gasteiger partial charge < -0.3 is 9.47 Å². The number of hydrogen-bond donors (Lipinski definition) is 0. The van der Waals surface area contributed by atoms with Crippen molar-refractivity contribution in [2.24, 2.45) is 0 Å². The summed E-state index contributed by atoms with van der Waals surface area (Å²) in [6.07, 6.45) is 7.97. The molecule has 2 nitrogen and oxygen atoms in total. The van der Waals surface area contributed by atoms with Crippen LogP contribution >= 0.6 is 11.3 Å². The van der Waals surface area contributed by atoms with E-state index in [9.17, 15) is 0 Å². The van der Waals surface area contributed by atoms with Crippen LogP contribution in [0, 0.1) is 0 Å². The van der Waals surface area contributed by atoms with Crippen molar-refractivity contribution in [1.29, 1.82) is 0 Å². The first kappa shape index (κ1) is 19.0. The molecule has 3 rings (SSSR count). The van der Waals surface area contributed by atoms with Gasteiger partial charge in [-0.2, -0.15) is 0 Å². The maximum Gasteiger partial charge on any atom is 0.119 e. The van der Waals surface area contributed by atoms with Gasteiger partial charge in [-0.05, 0) is 85.6 Å². The molecule has 0 spiro atoms. The monoisotopic (exact) mass is 376 g/mol. The van der Waals surface area contributed by atoms with Gasteiger partial charge in [0, 0.05) is 9.75 Å². The molecule has 0 aliphatic carbocycles. The van der Waals surface area contributed by atoms with E-state index >= 15 is 0 Å². The van der Waals surface area contributed by atoms with Gasteiger partial charge in [-0.3, -0.25) is 0 Å². The Kier molecular flexibility index (Phi) is 6.89. The smallest absolute Gasteiger partial charge is 0.119 e. The summed E-state index contributed by atoms with van der Waals surface area (Å²) in [5, 5.41) is 0. The normalized spacial score (nSPS) is 11.3. The summed E-state index contributed by atoms with van der Waals surface area (Å²) in [4.78, 5) is 2.50. The average molecular weight is 377 g/mol. The van der Waals surface area contributed by atoms with Crippen molar-refractivity contribution in [2.75, 3.05) is 13.2 Å². The Morgan fingerprint density at radius 1 is 0.630 bits per heavy atom. The minimum atomic E-state index is 0.605. The maximum atomic E-state index is 5.66. The van der Waals surface area contributed by atoms with Gasteiger partial charge in [-0.1, -0.05) is 24.3 Å². The highest BCUT2D eigenvalue weighted by atomic mass is 32.1. The van der Waals surface area contributed by atoms with Crippen LogP contribution in [0.15, 0.2) is 85.0 Å². The minimum absolute atomic E-state index is 0.605. The molecule has 1 aromatic heterocycles. The zero-order valence-corrected chi connectivity index (χ0v) is 16.5. The number of rotatable bonds is 8. The molecule has 0 unspecified atom stereocenters. The first-order valence-electron chi connectivity index (χ1n) is 9.09. The van der Waals surface area contributed by atoms with Crippen molar-refractivity contribution in [2.45, 2.75) is 13.8 Å². The van der Waals surface area contributed by atoms with E-state index in [2.05, 4.69) is 36.4 Å². The lowest BCUT2D eigenvalue weighted by molar-refractivity contribution is 0.362. The molecule has 0 bridgehead atoms. The third kappa shape index (κ3) is 5.35. The van der Waals surface area contributed by atoms with Crippen LogP contribution in [-0.4, -0.2) is 13.2 Å². The van der Waals surface area contributed by atoms with Gasteiger partial charge in [-0.15, -0.1) is 11.3 Å². The van der Waals surface area contributed by atoms with Crippen molar-refractivity contribution < 1.29 is 9.47 Å². The molecule has 0 radical (unpaired) electrons. The fraction of sp³-hybridized carbons (Fsp3) is 0.167. The lowest BCUT2D eigenvalue weighted by atomic mass is 10.1. The second kappa shape index (κ2) is 9.79. The van der Waals surface area contributed by atoms with Crippen LogP contribution in [0.4, 0.5) is 0 Å². The Bertz CT molecular complexity index is 813. The fourth-order valence-electron chi connectivity index (χ4n) is 2.56. The maximum absolute atomic E-state index is 5.66. The molecule has 3 heteroatoms. The van der Waals surface area contributed by atoms with Crippen LogP contribution < -0.4 is 9.47 Å². The summed E-state index contributed by atoms with van der Waals surface area (Å²) in [7, 11) is 0. The molecule has 3 aromatic rings. The summed E-state index contributed by atoms with van der Waals surface area (Å²) >= 11 is 1.79. The number of allylic oxidation sites excluding steroid dienone is 2. The summed E-state index contributed by atoms with van der Waals surface area (Å²) in [6.45, 7) is 5.19. The van der Waals surface area contributed by atoms with Crippen LogP contribution in [0.3, 0.4) is 0 Å². The van der Waals surface area contributed by atoms with Gasteiger partial charge in [0.25, 0.3) is 0 Å². The van der Waals surface area contributed by atoms with E-state index in [0.717, 1.165) is 11.5 Å². The summed E-state index contributed by atoms with van der Waals surface area (Å²) < 4.78 is 11.3. The quantitative estimate of drug-likeness (QED) is 0.394. The van der Waals surface area contributed by atoms with E-state index in [-0.39, 0.29) is 0 Å². The van der Waals surface area contributed by atoms with E-state index in [0.29, 0.717) is 13.2 Å². The highest BCUT2D eigenvalue weighted by molar-refractivity contribution is 7.18. The zero-order valence-electron chi connectivity index (χ0n) is 15.7. The molecule has 0 aliphatic rings. The number of benzene rings is 2. The topological polar surface area (TPSA) is 18.5 Å². The lowest BCUT2D eigenvalue weighted by Crippen LogP contribution is -1.92. The van der Waals surface area contributed by atoms with Crippen molar-refractivity contribution >= 4 is 11.3 Å². The van der Waals surface area contributed by atoms with Crippen LogP contribution in [0.25, 0.3) is 20.9 Å². The zero-order chi connectivity index (χ0) is 18.9. The lowest BCUT2D eigenvalue weighted by Gasteiger charge is -2.05. The highest BCUT2D eigenvalue weighted by Crippen LogP contribution is 2.35. The largest absolute Gasteiger partial charge is 0.490 e. The average Bonchev–Trinajstić information content (AvgIpc) is 3.20. The number of hydrogen-bond acceptors (Lipinski definition) is 3.